The molecule has 1 aromatic heterocycles. The predicted octanol–water partition coefficient (Wildman–Crippen LogP) is 15.3. The molecule has 9 aromatic carbocycles. The van der Waals surface area contributed by atoms with Crippen LogP contribution in [-0.4, -0.2) is 0 Å². The summed E-state index contributed by atoms with van der Waals surface area (Å²) in [5.74, 6) is 0. The molecule has 0 radical (unpaired) electrons. The molecule has 0 N–H and O–H groups in total. The Balaban J connectivity index is 0.975. The summed E-state index contributed by atoms with van der Waals surface area (Å²) in [6.45, 7) is 0. The van der Waals surface area contributed by atoms with Crippen molar-refractivity contribution in [3.05, 3.63) is 212 Å². The fraction of sp³-hybridized carbons (Fsp3) is 0. The summed E-state index contributed by atoms with van der Waals surface area (Å²) < 4.78 is 1.31. The molecular weight excluding hydrogens is 671 g/mol. The van der Waals surface area contributed by atoms with Gasteiger partial charge in [-0.2, -0.15) is 0 Å². The van der Waals surface area contributed by atoms with Crippen LogP contribution in [0.4, 0.5) is 17.1 Å². The van der Waals surface area contributed by atoms with E-state index in [0.29, 0.717) is 0 Å². The standard InChI is InChI=1S/C52H35NS/c1-3-9-43-33-45(19-17-36(43)7-1)40-15-13-38(14-16-40)39-21-27-48(28-22-39)53(50-31-25-42(26-32-50)52-35-47-11-5-6-12-51(47)54-52)49-29-23-41(24-30-49)46-20-18-37-8-2-4-10-44(37)34-46/h1-35H. The molecule has 0 saturated carbocycles. The molecule has 0 amide bonds. The molecular formula is C52H35NS. The first-order valence-electron chi connectivity index (χ1n) is 18.4. The molecule has 0 aliphatic heterocycles. The molecule has 1 nitrogen and oxygen atoms in total. The number of rotatable bonds is 7. The zero-order chi connectivity index (χ0) is 35.8. The molecule has 10 aromatic rings. The fourth-order valence-electron chi connectivity index (χ4n) is 7.54. The van der Waals surface area contributed by atoms with Crippen molar-refractivity contribution in [1.82, 2.24) is 0 Å². The van der Waals surface area contributed by atoms with Gasteiger partial charge in [-0.1, -0.05) is 152 Å². The molecule has 0 unspecified atom stereocenters. The van der Waals surface area contributed by atoms with Crippen molar-refractivity contribution < 1.29 is 0 Å². The van der Waals surface area contributed by atoms with Crippen LogP contribution < -0.4 is 4.90 Å². The van der Waals surface area contributed by atoms with Crippen LogP contribution in [0.3, 0.4) is 0 Å². The van der Waals surface area contributed by atoms with Crippen LogP contribution in [0.15, 0.2) is 212 Å². The molecule has 1 heterocycles. The van der Waals surface area contributed by atoms with E-state index in [1.807, 2.05) is 11.3 Å². The van der Waals surface area contributed by atoms with Crippen LogP contribution in [0.25, 0.3) is 75.5 Å². The van der Waals surface area contributed by atoms with Crippen molar-refractivity contribution >= 4 is 60.0 Å². The Kier molecular flexibility index (Phi) is 8.09. The molecule has 0 fully saturated rings. The molecule has 254 valence electrons. The van der Waals surface area contributed by atoms with Gasteiger partial charge in [0, 0.05) is 26.6 Å². The van der Waals surface area contributed by atoms with Crippen LogP contribution in [0.5, 0.6) is 0 Å². The number of thiophene rings is 1. The van der Waals surface area contributed by atoms with Gasteiger partial charge in [0.25, 0.3) is 0 Å². The molecule has 0 aliphatic rings. The van der Waals surface area contributed by atoms with Crippen molar-refractivity contribution in [1.29, 1.82) is 0 Å². The van der Waals surface area contributed by atoms with Gasteiger partial charge in [-0.15, -0.1) is 11.3 Å². The van der Waals surface area contributed by atoms with E-state index in [4.69, 9.17) is 0 Å². The second-order valence-electron chi connectivity index (χ2n) is 13.8. The third-order valence-corrected chi connectivity index (χ3v) is 11.6. The van der Waals surface area contributed by atoms with E-state index in [1.54, 1.807) is 0 Å². The highest BCUT2D eigenvalue weighted by molar-refractivity contribution is 7.22. The normalized spacial score (nSPS) is 11.3. The van der Waals surface area contributed by atoms with Crippen LogP contribution >= 0.6 is 11.3 Å². The largest absolute Gasteiger partial charge is 0.311 e. The molecule has 10 rings (SSSR count). The average Bonchev–Trinajstić information content (AvgIpc) is 3.69. The molecule has 54 heavy (non-hydrogen) atoms. The molecule has 0 saturated heterocycles. The number of nitrogens with zero attached hydrogens (tertiary/aromatic N) is 1. The minimum Gasteiger partial charge on any atom is -0.311 e. The predicted molar refractivity (Wildman–Crippen MR) is 233 cm³/mol. The Morgan fingerprint density at radius 3 is 1.07 bits per heavy atom. The van der Waals surface area contributed by atoms with E-state index >= 15 is 0 Å². The van der Waals surface area contributed by atoms with Crippen molar-refractivity contribution in [2.24, 2.45) is 0 Å². The summed E-state index contributed by atoms with van der Waals surface area (Å²) in [6.07, 6.45) is 0. The summed E-state index contributed by atoms with van der Waals surface area (Å²) in [6, 6.07) is 77.2. The highest BCUT2D eigenvalue weighted by Gasteiger charge is 2.15. The minimum absolute atomic E-state index is 1.11. The lowest BCUT2D eigenvalue weighted by molar-refractivity contribution is 1.28. The number of hydrogen-bond donors (Lipinski definition) is 0. The number of hydrogen-bond acceptors (Lipinski definition) is 2. The van der Waals surface area contributed by atoms with Gasteiger partial charge < -0.3 is 4.90 Å². The Bertz CT molecular complexity index is 2870. The van der Waals surface area contributed by atoms with Crippen LogP contribution in [0.2, 0.25) is 0 Å². The highest BCUT2D eigenvalue weighted by Crippen LogP contribution is 2.40. The quantitative estimate of drug-likeness (QED) is 0.160. The van der Waals surface area contributed by atoms with Gasteiger partial charge in [0.2, 0.25) is 0 Å². The summed E-state index contributed by atoms with van der Waals surface area (Å²) >= 11 is 1.84. The van der Waals surface area contributed by atoms with Crippen LogP contribution in [0, 0.1) is 0 Å². The van der Waals surface area contributed by atoms with Gasteiger partial charge in [0.05, 0.1) is 0 Å². The van der Waals surface area contributed by atoms with Crippen molar-refractivity contribution in [3.8, 4) is 43.8 Å². The maximum atomic E-state index is 2.35. The van der Waals surface area contributed by atoms with E-state index in [9.17, 15) is 0 Å². The summed E-state index contributed by atoms with van der Waals surface area (Å²) in [4.78, 5) is 3.64. The topological polar surface area (TPSA) is 3.24 Å². The smallest absolute Gasteiger partial charge is 0.0462 e. The summed E-state index contributed by atoms with van der Waals surface area (Å²) in [7, 11) is 0. The van der Waals surface area contributed by atoms with Crippen LogP contribution in [-0.2, 0) is 0 Å². The van der Waals surface area contributed by atoms with Gasteiger partial charge in [-0.05, 0) is 127 Å². The third-order valence-electron chi connectivity index (χ3n) is 10.5. The lowest BCUT2D eigenvalue weighted by Crippen LogP contribution is -2.09. The Hall–Kier alpha value is -6.74. The third kappa shape index (κ3) is 6.13. The van der Waals surface area contributed by atoms with Gasteiger partial charge >= 0.3 is 0 Å². The molecule has 0 atom stereocenters. The van der Waals surface area contributed by atoms with Crippen molar-refractivity contribution in [3.63, 3.8) is 0 Å². The maximum absolute atomic E-state index is 2.35. The maximum Gasteiger partial charge on any atom is 0.0462 e. The second-order valence-corrected chi connectivity index (χ2v) is 14.9. The van der Waals surface area contributed by atoms with Gasteiger partial charge in [0.15, 0.2) is 0 Å². The summed E-state index contributed by atoms with van der Waals surface area (Å²) in [5, 5.41) is 6.32. The Morgan fingerprint density at radius 2 is 0.611 bits per heavy atom. The van der Waals surface area contributed by atoms with Crippen molar-refractivity contribution in [2.45, 2.75) is 0 Å². The molecule has 0 aliphatic carbocycles. The van der Waals surface area contributed by atoms with E-state index in [2.05, 4.69) is 217 Å². The SMILES string of the molecule is c1ccc2cc(-c3ccc(-c4ccc(N(c5ccc(-c6ccc7ccccc7c6)cc5)c5ccc(-c6cc7ccccc7s6)cc5)cc4)cc3)ccc2c1. The second kappa shape index (κ2) is 13.7. The van der Waals surface area contributed by atoms with Gasteiger partial charge in [-0.3, -0.25) is 0 Å². The summed E-state index contributed by atoms with van der Waals surface area (Å²) in [5.41, 5.74) is 11.8. The van der Waals surface area contributed by atoms with E-state index in [-0.39, 0.29) is 0 Å². The minimum atomic E-state index is 1.11. The zero-order valence-corrected chi connectivity index (χ0v) is 30.4. The van der Waals surface area contributed by atoms with E-state index < -0.39 is 0 Å². The number of benzene rings is 9. The lowest BCUT2D eigenvalue weighted by atomic mass is 9.98. The first-order valence-corrected chi connectivity index (χ1v) is 19.2. The van der Waals surface area contributed by atoms with Gasteiger partial charge in [0.1, 0.15) is 0 Å². The van der Waals surface area contributed by atoms with E-state index in [0.717, 1.165) is 17.1 Å². The first kappa shape index (κ1) is 32.0. The van der Waals surface area contributed by atoms with E-state index in [1.165, 1.54) is 75.5 Å². The molecule has 0 spiro atoms. The zero-order valence-electron chi connectivity index (χ0n) is 29.6. The lowest BCUT2D eigenvalue weighted by Gasteiger charge is -2.26. The van der Waals surface area contributed by atoms with Crippen molar-refractivity contribution in [2.75, 3.05) is 4.90 Å². The monoisotopic (exact) mass is 705 g/mol. The number of anilines is 3. The molecule has 0 bridgehead atoms. The van der Waals surface area contributed by atoms with Gasteiger partial charge in [-0.25, -0.2) is 0 Å². The number of fused-ring (bicyclic) bond motifs is 3. The molecule has 2 heteroatoms. The average molecular weight is 706 g/mol. The fourth-order valence-corrected chi connectivity index (χ4v) is 8.61. The highest BCUT2D eigenvalue weighted by atomic mass is 32.1. The Morgan fingerprint density at radius 1 is 0.259 bits per heavy atom. The van der Waals surface area contributed by atoms with Crippen LogP contribution in [0.1, 0.15) is 0 Å². The first-order chi connectivity index (χ1) is 26.7. The Labute approximate surface area is 319 Å².